The number of nitrogens with zero attached hydrogens (tertiary/aromatic N) is 1. The Bertz CT molecular complexity index is 451. The molecule has 0 unspecified atom stereocenters. The molecule has 0 aliphatic rings. The SMILES string of the molecule is COCCNC(=O)CN(C)C(=O)c1ccccc1I. The van der Waals surface area contributed by atoms with Crippen molar-refractivity contribution in [1.29, 1.82) is 0 Å². The molecule has 0 saturated carbocycles. The number of amides is 2. The first-order valence-electron chi connectivity index (χ1n) is 5.82. The average molecular weight is 376 g/mol. The van der Waals surface area contributed by atoms with Crippen molar-refractivity contribution in [2.45, 2.75) is 0 Å². The summed E-state index contributed by atoms with van der Waals surface area (Å²) in [7, 11) is 3.18. The Morgan fingerprint density at radius 2 is 2.05 bits per heavy atom. The molecule has 0 aliphatic heterocycles. The molecule has 6 heteroatoms. The van der Waals surface area contributed by atoms with Crippen molar-refractivity contribution in [2.75, 3.05) is 33.9 Å². The summed E-state index contributed by atoms with van der Waals surface area (Å²) in [6.07, 6.45) is 0. The van der Waals surface area contributed by atoms with Crippen LogP contribution in [0.25, 0.3) is 0 Å². The zero-order valence-corrected chi connectivity index (χ0v) is 13.1. The fraction of sp³-hybridized carbons (Fsp3) is 0.385. The molecule has 19 heavy (non-hydrogen) atoms. The van der Waals surface area contributed by atoms with E-state index in [1.54, 1.807) is 20.2 Å². The monoisotopic (exact) mass is 376 g/mol. The van der Waals surface area contributed by atoms with Gasteiger partial charge in [-0.15, -0.1) is 0 Å². The summed E-state index contributed by atoms with van der Waals surface area (Å²) in [4.78, 5) is 25.1. The molecule has 2 amide bonds. The van der Waals surface area contributed by atoms with E-state index < -0.39 is 0 Å². The Balaban J connectivity index is 2.54. The predicted octanol–water partition coefficient (Wildman–Crippen LogP) is 1.13. The van der Waals surface area contributed by atoms with Crippen LogP contribution in [-0.2, 0) is 9.53 Å². The zero-order chi connectivity index (χ0) is 14.3. The van der Waals surface area contributed by atoms with Crippen LogP contribution in [0.1, 0.15) is 10.4 Å². The van der Waals surface area contributed by atoms with Gasteiger partial charge in [0.15, 0.2) is 0 Å². The third-order valence-corrected chi connectivity index (χ3v) is 3.40. The molecular weight excluding hydrogens is 359 g/mol. The molecular formula is C13H17IN2O3. The van der Waals surface area contributed by atoms with Gasteiger partial charge < -0.3 is 15.0 Å². The molecule has 0 spiro atoms. The topological polar surface area (TPSA) is 58.6 Å². The molecule has 0 radical (unpaired) electrons. The summed E-state index contributed by atoms with van der Waals surface area (Å²) in [5.74, 6) is -0.356. The Morgan fingerprint density at radius 1 is 1.37 bits per heavy atom. The van der Waals surface area contributed by atoms with Crippen molar-refractivity contribution in [1.82, 2.24) is 10.2 Å². The zero-order valence-electron chi connectivity index (χ0n) is 11.0. The first kappa shape index (κ1) is 15.9. The molecule has 0 bridgehead atoms. The van der Waals surface area contributed by atoms with Gasteiger partial charge in [0.05, 0.1) is 18.7 Å². The summed E-state index contributed by atoms with van der Waals surface area (Å²) in [5.41, 5.74) is 0.607. The van der Waals surface area contributed by atoms with Crippen LogP contribution in [-0.4, -0.2) is 50.6 Å². The summed E-state index contributed by atoms with van der Waals surface area (Å²) >= 11 is 2.11. The fourth-order valence-electron chi connectivity index (χ4n) is 1.48. The molecule has 0 fully saturated rings. The number of hydrogen-bond acceptors (Lipinski definition) is 3. The van der Waals surface area contributed by atoms with E-state index in [9.17, 15) is 9.59 Å². The van der Waals surface area contributed by atoms with Crippen LogP contribution < -0.4 is 5.32 Å². The van der Waals surface area contributed by atoms with E-state index in [4.69, 9.17) is 4.74 Å². The van der Waals surface area contributed by atoms with Gasteiger partial charge in [0, 0.05) is 24.3 Å². The summed E-state index contributed by atoms with van der Waals surface area (Å²) in [5, 5.41) is 2.68. The smallest absolute Gasteiger partial charge is 0.255 e. The average Bonchev–Trinajstić information content (AvgIpc) is 2.38. The number of carbonyl (C=O) groups is 2. The van der Waals surface area contributed by atoms with E-state index in [0.29, 0.717) is 18.7 Å². The second-order valence-corrected chi connectivity index (χ2v) is 5.15. The number of rotatable bonds is 6. The lowest BCUT2D eigenvalue weighted by Crippen LogP contribution is -2.39. The minimum atomic E-state index is -0.196. The van der Waals surface area contributed by atoms with Crippen LogP contribution in [0.5, 0.6) is 0 Å². The lowest BCUT2D eigenvalue weighted by atomic mass is 10.2. The number of benzene rings is 1. The molecule has 0 atom stereocenters. The second-order valence-electron chi connectivity index (χ2n) is 3.98. The van der Waals surface area contributed by atoms with Gasteiger partial charge in [-0.05, 0) is 34.7 Å². The van der Waals surface area contributed by atoms with Crippen LogP contribution in [0.2, 0.25) is 0 Å². The summed E-state index contributed by atoms with van der Waals surface area (Å²) < 4.78 is 5.71. The fourth-order valence-corrected chi connectivity index (χ4v) is 2.09. The Labute approximate surface area is 126 Å². The van der Waals surface area contributed by atoms with Crippen molar-refractivity contribution < 1.29 is 14.3 Å². The van der Waals surface area contributed by atoms with Crippen molar-refractivity contribution in [2.24, 2.45) is 0 Å². The minimum absolute atomic E-state index is 0.0352. The highest BCUT2D eigenvalue weighted by Crippen LogP contribution is 2.13. The first-order chi connectivity index (χ1) is 9.06. The molecule has 1 N–H and O–H groups in total. The lowest BCUT2D eigenvalue weighted by molar-refractivity contribution is -0.121. The van der Waals surface area contributed by atoms with Crippen LogP contribution >= 0.6 is 22.6 Å². The second kappa shape index (κ2) is 8.11. The maximum atomic E-state index is 12.1. The van der Waals surface area contributed by atoms with Crippen LogP contribution in [0.4, 0.5) is 0 Å². The van der Waals surface area contributed by atoms with E-state index in [2.05, 4.69) is 27.9 Å². The quantitative estimate of drug-likeness (QED) is 0.598. The Kier molecular flexibility index (Phi) is 6.79. The van der Waals surface area contributed by atoms with Crippen LogP contribution in [0.3, 0.4) is 0 Å². The molecule has 1 aromatic carbocycles. The van der Waals surface area contributed by atoms with Crippen molar-refractivity contribution in [3.05, 3.63) is 33.4 Å². The normalized spacial score (nSPS) is 10.1. The van der Waals surface area contributed by atoms with Gasteiger partial charge in [-0.1, -0.05) is 12.1 Å². The highest BCUT2D eigenvalue weighted by atomic mass is 127. The van der Waals surface area contributed by atoms with Gasteiger partial charge in [0.1, 0.15) is 0 Å². The molecule has 1 aromatic rings. The molecule has 0 aliphatic carbocycles. The maximum absolute atomic E-state index is 12.1. The number of likely N-dealkylation sites (N-methyl/N-ethyl adjacent to an activating group) is 1. The van der Waals surface area contributed by atoms with Gasteiger partial charge in [0.2, 0.25) is 5.91 Å². The van der Waals surface area contributed by atoms with Gasteiger partial charge in [0.25, 0.3) is 5.91 Å². The summed E-state index contributed by atoms with van der Waals surface area (Å²) in [6.45, 7) is 0.938. The first-order valence-corrected chi connectivity index (χ1v) is 6.89. The number of hydrogen-bond donors (Lipinski definition) is 1. The maximum Gasteiger partial charge on any atom is 0.255 e. The van der Waals surface area contributed by atoms with E-state index in [1.807, 2.05) is 18.2 Å². The Hall–Kier alpha value is -1.15. The van der Waals surface area contributed by atoms with Crippen molar-refractivity contribution in [3.8, 4) is 0 Å². The molecule has 0 aromatic heterocycles. The third kappa shape index (κ3) is 5.15. The number of halogens is 1. The van der Waals surface area contributed by atoms with E-state index in [1.165, 1.54) is 4.90 Å². The molecule has 104 valence electrons. The Morgan fingerprint density at radius 3 is 2.68 bits per heavy atom. The molecule has 0 saturated heterocycles. The van der Waals surface area contributed by atoms with Gasteiger partial charge in [-0.25, -0.2) is 0 Å². The standard InChI is InChI=1S/C13H17IN2O3/c1-16(9-12(17)15-7-8-19-2)13(18)10-5-3-4-6-11(10)14/h3-6H,7-9H2,1-2H3,(H,15,17). The molecule has 1 rings (SSSR count). The highest BCUT2D eigenvalue weighted by molar-refractivity contribution is 14.1. The predicted molar refractivity (Wildman–Crippen MR) is 81.0 cm³/mol. The number of methoxy groups -OCH3 is 1. The minimum Gasteiger partial charge on any atom is -0.383 e. The van der Waals surface area contributed by atoms with Crippen LogP contribution in [0, 0.1) is 3.57 Å². The number of carbonyl (C=O) groups excluding carboxylic acids is 2. The number of nitrogens with one attached hydrogen (secondary N) is 1. The lowest BCUT2D eigenvalue weighted by Gasteiger charge is -2.17. The molecule has 0 heterocycles. The van der Waals surface area contributed by atoms with Gasteiger partial charge in [-0.2, -0.15) is 0 Å². The number of ether oxygens (including phenoxy) is 1. The van der Waals surface area contributed by atoms with Crippen molar-refractivity contribution >= 4 is 34.4 Å². The summed E-state index contributed by atoms with van der Waals surface area (Å²) in [6, 6.07) is 7.29. The largest absolute Gasteiger partial charge is 0.383 e. The van der Waals surface area contributed by atoms with Crippen LogP contribution in [0.15, 0.2) is 24.3 Å². The third-order valence-electron chi connectivity index (χ3n) is 2.46. The van der Waals surface area contributed by atoms with E-state index in [-0.39, 0.29) is 18.4 Å². The highest BCUT2D eigenvalue weighted by Gasteiger charge is 2.16. The van der Waals surface area contributed by atoms with Crippen molar-refractivity contribution in [3.63, 3.8) is 0 Å². The molecule has 5 nitrogen and oxygen atoms in total. The van der Waals surface area contributed by atoms with E-state index >= 15 is 0 Å². The van der Waals surface area contributed by atoms with E-state index in [0.717, 1.165) is 3.57 Å². The van der Waals surface area contributed by atoms with Gasteiger partial charge >= 0.3 is 0 Å². The van der Waals surface area contributed by atoms with Gasteiger partial charge in [-0.3, -0.25) is 9.59 Å².